The molecule has 0 fully saturated rings. The van der Waals surface area contributed by atoms with Gasteiger partial charge in [0.2, 0.25) is 0 Å². The van der Waals surface area contributed by atoms with Crippen LogP contribution in [0.3, 0.4) is 0 Å². The van der Waals surface area contributed by atoms with Crippen molar-refractivity contribution in [2.24, 2.45) is 0 Å². The van der Waals surface area contributed by atoms with Gasteiger partial charge in [0.25, 0.3) is 0 Å². The molecule has 152 valence electrons. The molecule has 0 unspecified atom stereocenters. The van der Waals surface area contributed by atoms with Crippen LogP contribution < -0.4 is 5.32 Å². The fourth-order valence-electron chi connectivity index (χ4n) is 3.77. The first-order chi connectivity index (χ1) is 15.2. The second-order valence-electron chi connectivity index (χ2n) is 7.59. The third-order valence-electron chi connectivity index (χ3n) is 5.40. The van der Waals surface area contributed by atoms with Crippen LogP contribution in [0.25, 0.3) is 32.3 Å². The standard InChI is InChI=1S/C27H21FN2S/c1-18-10-12-20(13-11-18)24-17-31-26-23(21-8-5-9-22(28)14-21)16-30-27(25(24)26)29-15-19-6-3-2-4-7-19/h2-14,16-17H,15H2,1H3,(H,29,30). The Labute approximate surface area is 185 Å². The lowest BCUT2D eigenvalue weighted by molar-refractivity contribution is 0.628. The summed E-state index contributed by atoms with van der Waals surface area (Å²) in [6.07, 6.45) is 1.85. The van der Waals surface area contributed by atoms with E-state index in [9.17, 15) is 4.39 Å². The van der Waals surface area contributed by atoms with Crippen LogP contribution in [0.5, 0.6) is 0 Å². The van der Waals surface area contributed by atoms with Crippen molar-refractivity contribution >= 4 is 27.2 Å². The fraction of sp³-hybridized carbons (Fsp3) is 0.0741. The van der Waals surface area contributed by atoms with Gasteiger partial charge in [0.15, 0.2) is 0 Å². The summed E-state index contributed by atoms with van der Waals surface area (Å²) in [5.41, 5.74) is 6.50. The molecular weight excluding hydrogens is 403 g/mol. The van der Waals surface area contributed by atoms with Gasteiger partial charge in [-0.2, -0.15) is 0 Å². The third kappa shape index (κ3) is 3.94. The highest BCUT2D eigenvalue weighted by molar-refractivity contribution is 7.18. The highest BCUT2D eigenvalue weighted by Gasteiger charge is 2.17. The van der Waals surface area contributed by atoms with Crippen molar-refractivity contribution in [1.82, 2.24) is 4.98 Å². The normalized spacial score (nSPS) is 11.0. The third-order valence-corrected chi connectivity index (χ3v) is 6.41. The lowest BCUT2D eigenvalue weighted by Gasteiger charge is -2.12. The first-order valence-electron chi connectivity index (χ1n) is 10.2. The number of rotatable bonds is 5. The predicted octanol–water partition coefficient (Wildman–Crippen LogP) is 7.69. The van der Waals surface area contributed by atoms with E-state index in [4.69, 9.17) is 4.98 Å². The van der Waals surface area contributed by atoms with Crippen LogP contribution in [-0.2, 0) is 6.54 Å². The van der Waals surface area contributed by atoms with Gasteiger partial charge < -0.3 is 5.32 Å². The molecular formula is C27H21FN2S. The van der Waals surface area contributed by atoms with E-state index < -0.39 is 0 Å². The molecule has 2 nitrogen and oxygen atoms in total. The Bertz CT molecular complexity index is 1340. The van der Waals surface area contributed by atoms with Crippen LogP contribution in [0.2, 0.25) is 0 Å². The minimum absolute atomic E-state index is 0.243. The first-order valence-corrected chi connectivity index (χ1v) is 11.1. The number of nitrogens with zero attached hydrogens (tertiary/aromatic N) is 1. The number of aryl methyl sites for hydroxylation is 1. The molecule has 5 aromatic rings. The number of benzene rings is 3. The topological polar surface area (TPSA) is 24.9 Å². The number of fused-ring (bicyclic) bond motifs is 1. The maximum absolute atomic E-state index is 13.9. The van der Waals surface area contributed by atoms with Crippen molar-refractivity contribution in [1.29, 1.82) is 0 Å². The smallest absolute Gasteiger partial charge is 0.135 e. The summed E-state index contributed by atoms with van der Waals surface area (Å²) in [7, 11) is 0. The molecule has 0 atom stereocenters. The van der Waals surface area contributed by atoms with E-state index in [1.807, 2.05) is 30.5 Å². The highest BCUT2D eigenvalue weighted by Crippen LogP contribution is 2.42. The summed E-state index contributed by atoms with van der Waals surface area (Å²) in [5, 5.41) is 6.77. The van der Waals surface area contributed by atoms with Gasteiger partial charge in [-0.3, -0.25) is 0 Å². The molecule has 0 aliphatic rings. The second kappa shape index (κ2) is 8.32. The molecule has 2 aromatic heterocycles. The number of anilines is 1. The molecule has 0 aliphatic carbocycles. The van der Waals surface area contributed by atoms with Crippen LogP contribution >= 0.6 is 11.3 Å². The SMILES string of the molecule is Cc1ccc(-c2csc3c(-c4cccc(F)c4)cnc(NCc4ccccc4)c23)cc1. The van der Waals surface area contributed by atoms with E-state index in [1.165, 1.54) is 17.2 Å². The molecule has 1 N–H and O–H groups in total. The minimum Gasteiger partial charge on any atom is -0.365 e. The van der Waals surface area contributed by atoms with E-state index in [2.05, 4.69) is 54.0 Å². The zero-order valence-electron chi connectivity index (χ0n) is 17.1. The fourth-order valence-corrected chi connectivity index (χ4v) is 4.88. The van der Waals surface area contributed by atoms with Crippen molar-refractivity contribution in [2.45, 2.75) is 13.5 Å². The largest absolute Gasteiger partial charge is 0.365 e. The summed E-state index contributed by atoms with van der Waals surface area (Å²) < 4.78 is 15.0. The molecule has 0 aliphatic heterocycles. The van der Waals surface area contributed by atoms with Gasteiger partial charge in [-0.05, 0) is 41.1 Å². The Morgan fingerprint density at radius 3 is 2.45 bits per heavy atom. The van der Waals surface area contributed by atoms with Crippen LogP contribution in [0, 0.1) is 12.7 Å². The molecule has 2 heterocycles. The molecule has 0 spiro atoms. The van der Waals surface area contributed by atoms with Crippen LogP contribution in [0.4, 0.5) is 10.2 Å². The van der Waals surface area contributed by atoms with E-state index >= 15 is 0 Å². The van der Waals surface area contributed by atoms with Crippen LogP contribution in [-0.4, -0.2) is 4.98 Å². The van der Waals surface area contributed by atoms with Gasteiger partial charge in [0.05, 0.1) is 0 Å². The summed E-state index contributed by atoms with van der Waals surface area (Å²) in [5.74, 6) is 0.600. The molecule has 3 aromatic carbocycles. The molecule has 31 heavy (non-hydrogen) atoms. The molecule has 0 saturated heterocycles. The van der Waals surface area contributed by atoms with Gasteiger partial charge in [0.1, 0.15) is 11.6 Å². The number of hydrogen-bond donors (Lipinski definition) is 1. The second-order valence-corrected chi connectivity index (χ2v) is 8.47. The van der Waals surface area contributed by atoms with E-state index in [-0.39, 0.29) is 5.82 Å². The number of aromatic nitrogens is 1. The van der Waals surface area contributed by atoms with Crippen molar-refractivity contribution in [3.8, 4) is 22.3 Å². The summed E-state index contributed by atoms with van der Waals surface area (Å²) in [6, 6.07) is 25.5. The number of thiophene rings is 1. The number of nitrogens with one attached hydrogen (secondary N) is 1. The van der Waals surface area contributed by atoms with Crippen molar-refractivity contribution in [3.05, 3.63) is 107 Å². The average Bonchev–Trinajstić information content (AvgIpc) is 3.24. The summed E-state index contributed by atoms with van der Waals surface area (Å²) >= 11 is 1.67. The van der Waals surface area contributed by atoms with Crippen LogP contribution in [0.1, 0.15) is 11.1 Å². The predicted molar refractivity (Wildman–Crippen MR) is 129 cm³/mol. The quantitative estimate of drug-likeness (QED) is 0.313. The van der Waals surface area contributed by atoms with Gasteiger partial charge in [-0.1, -0.05) is 72.3 Å². The number of pyridine rings is 1. The summed E-state index contributed by atoms with van der Waals surface area (Å²) in [4.78, 5) is 4.78. The van der Waals surface area contributed by atoms with Gasteiger partial charge in [-0.25, -0.2) is 9.37 Å². The van der Waals surface area contributed by atoms with Crippen molar-refractivity contribution in [3.63, 3.8) is 0 Å². The van der Waals surface area contributed by atoms with E-state index in [0.717, 1.165) is 38.2 Å². The van der Waals surface area contributed by atoms with Gasteiger partial charge >= 0.3 is 0 Å². The van der Waals surface area contributed by atoms with Crippen molar-refractivity contribution < 1.29 is 4.39 Å². The Hall–Kier alpha value is -3.50. The lowest BCUT2D eigenvalue weighted by atomic mass is 10.0. The molecule has 0 radical (unpaired) electrons. The zero-order chi connectivity index (χ0) is 21.2. The maximum Gasteiger partial charge on any atom is 0.135 e. The summed E-state index contributed by atoms with van der Waals surface area (Å²) in [6.45, 7) is 2.78. The Morgan fingerprint density at radius 2 is 1.68 bits per heavy atom. The first kappa shape index (κ1) is 19.5. The molecule has 0 saturated carbocycles. The van der Waals surface area contributed by atoms with Crippen LogP contribution in [0.15, 0.2) is 90.4 Å². The van der Waals surface area contributed by atoms with Gasteiger partial charge in [0, 0.05) is 34.0 Å². The Kier molecular flexibility index (Phi) is 5.23. The molecule has 4 heteroatoms. The average molecular weight is 425 g/mol. The molecule has 5 rings (SSSR count). The minimum atomic E-state index is -0.243. The molecule has 0 amide bonds. The van der Waals surface area contributed by atoms with E-state index in [0.29, 0.717) is 6.54 Å². The zero-order valence-corrected chi connectivity index (χ0v) is 17.9. The van der Waals surface area contributed by atoms with E-state index in [1.54, 1.807) is 23.5 Å². The van der Waals surface area contributed by atoms with Gasteiger partial charge in [-0.15, -0.1) is 11.3 Å². The Morgan fingerprint density at radius 1 is 0.871 bits per heavy atom. The molecule has 0 bridgehead atoms. The van der Waals surface area contributed by atoms with Crippen molar-refractivity contribution in [2.75, 3.05) is 5.32 Å². The maximum atomic E-state index is 13.9. The Balaban J connectivity index is 1.66. The highest BCUT2D eigenvalue weighted by atomic mass is 32.1. The monoisotopic (exact) mass is 424 g/mol. The number of hydrogen-bond acceptors (Lipinski definition) is 3. The number of halogens is 1. The lowest BCUT2D eigenvalue weighted by Crippen LogP contribution is -2.02.